The minimum Gasteiger partial charge on any atom is -0.399 e. The first-order valence-corrected chi connectivity index (χ1v) is 6.79. The van der Waals surface area contributed by atoms with Crippen molar-refractivity contribution in [3.63, 3.8) is 0 Å². The molecule has 1 aromatic carbocycles. The van der Waals surface area contributed by atoms with Crippen molar-refractivity contribution < 1.29 is 9.31 Å². The molecule has 1 aromatic heterocycles. The highest BCUT2D eigenvalue weighted by Gasteiger charge is 2.52. The predicted molar refractivity (Wildman–Crippen MR) is 81.9 cm³/mol. The van der Waals surface area contributed by atoms with Crippen LogP contribution in [0.15, 0.2) is 30.6 Å². The average Bonchev–Trinajstić information content (AvgIpc) is 2.59. The third kappa shape index (κ3) is 1.89. The third-order valence-electron chi connectivity index (χ3n) is 4.39. The van der Waals surface area contributed by atoms with Gasteiger partial charge in [0.15, 0.2) is 0 Å². The lowest BCUT2D eigenvalue weighted by molar-refractivity contribution is 0.00578. The number of anilines is 1. The Morgan fingerprint density at radius 1 is 1.00 bits per heavy atom. The molecule has 2 N–H and O–H groups in total. The van der Waals surface area contributed by atoms with Gasteiger partial charge in [-0.1, -0.05) is 6.07 Å². The molecule has 4 nitrogen and oxygen atoms in total. The topological polar surface area (TPSA) is 57.4 Å². The van der Waals surface area contributed by atoms with E-state index in [0.29, 0.717) is 5.69 Å². The first-order chi connectivity index (χ1) is 9.32. The molecule has 5 heteroatoms. The number of pyridine rings is 1. The van der Waals surface area contributed by atoms with Crippen molar-refractivity contribution in [2.45, 2.75) is 38.9 Å². The van der Waals surface area contributed by atoms with Crippen LogP contribution < -0.4 is 11.2 Å². The highest BCUT2D eigenvalue weighted by Crippen LogP contribution is 2.37. The van der Waals surface area contributed by atoms with E-state index in [1.54, 1.807) is 12.4 Å². The smallest absolute Gasteiger partial charge is 0.399 e. The Morgan fingerprint density at radius 3 is 2.30 bits per heavy atom. The van der Waals surface area contributed by atoms with Crippen LogP contribution in [0.4, 0.5) is 5.69 Å². The van der Waals surface area contributed by atoms with Gasteiger partial charge in [0.05, 0.1) is 11.2 Å². The fraction of sp³-hybridized carbons (Fsp3) is 0.400. The van der Waals surface area contributed by atoms with E-state index in [4.69, 9.17) is 15.0 Å². The van der Waals surface area contributed by atoms with Crippen LogP contribution in [-0.4, -0.2) is 23.3 Å². The number of hydrogen-bond acceptors (Lipinski definition) is 4. The van der Waals surface area contributed by atoms with Crippen molar-refractivity contribution in [1.82, 2.24) is 4.98 Å². The molecule has 0 amide bonds. The summed E-state index contributed by atoms with van der Waals surface area (Å²) in [6, 6.07) is 5.80. The Kier molecular flexibility index (Phi) is 2.82. The first kappa shape index (κ1) is 13.4. The summed E-state index contributed by atoms with van der Waals surface area (Å²) in [5.41, 5.74) is 7.02. The van der Waals surface area contributed by atoms with E-state index in [-0.39, 0.29) is 18.3 Å². The largest absolute Gasteiger partial charge is 0.495 e. The van der Waals surface area contributed by atoms with Crippen LogP contribution in [0.3, 0.4) is 0 Å². The van der Waals surface area contributed by atoms with E-state index < -0.39 is 0 Å². The van der Waals surface area contributed by atoms with Crippen LogP contribution in [-0.2, 0) is 9.31 Å². The Bertz CT molecular complexity index is 654. The van der Waals surface area contributed by atoms with Gasteiger partial charge in [0.2, 0.25) is 0 Å². The molecule has 0 atom stereocenters. The fourth-order valence-electron chi connectivity index (χ4n) is 2.41. The number of nitrogens with zero attached hydrogens (tertiary/aromatic N) is 1. The molecule has 0 radical (unpaired) electrons. The first-order valence-electron chi connectivity index (χ1n) is 6.79. The highest BCUT2D eigenvalue weighted by molar-refractivity contribution is 6.65. The van der Waals surface area contributed by atoms with Crippen molar-refractivity contribution in [3.8, 4) is 0 Å². The van der Waals surface area contributed by atoms with Crippen molar-refractivity contribution in [1.29, 1.82) is 0 Å². The lowest BCUT2D eigenvalue weighted by Crippen LogP contribution is -2.41. The number of rotatable bonds is 1. The predicted octanol–water partition coefficient (Wildman–Crippen LogP) is 2.12. The Morgan fingerprint density at radius 2 is 1.65 bits per heavy atom. The quantitative estimate of drug-likeness (QED) is 0.637. The molecule has 2 heterocycles. The summed E-state index contributed by atoms with van der Waals surface area (Å²) in [4.78, 5) is 4.14. The number of benzene rings is 1. The molecule has 0 unspecified atom stereocenters. The van der Waals surface area contributed by atoms with Crippen molar-refractivity contribution in [2.24, 2.45) is 0 Å². The van der Waals surface area contributed by atoms with Gasteiger partial charge in [-0.25, -0.2) is 0 Å². The van der Waals surface area contributed by atoms with Crippen LogP contribution in [0.5, 0.6) is 0 Å². The zero-order valence-corrected chi connectivity index (χ0v) is 12.3. The number of aromatic nitrogens is 1. The summed E-state index contributed by atoms with van der Waals surface area (Å²) in [6.45, 7) is 8.20. The summed E-state index contributed by atoms with van der Waals surface area (Å²) >= 11 is 0. The molecule has 1 aliphatic heterocycles. The minimum atomic E-state index is -0.384. The Hall–Kier alpha value is -1.59. The molecule has 1 saturated heterocycles. The maximum absolute atomic E-state index is 6.11. The van der Waals surface area contributed by atoms with Gasteiger partial charge in [-0.05, 0) is 50.7 Å². The van der Waals surface area contributed by atoms with Crippen LogP contribution in [0, 0.1) is 0 Å². The number of nitrogens with two attached hydrogens (primary N) is 1. The average molecular weight is 270 g/mol. The van der Waals surface area contributed by atoms with Crippen molar-refractivity contribution >= 4 is 29.0 Å². The molecule has 3 rings (SSSR count). The Balaban J connectivity index is 2.11. The fourth-order valence-corrected chi connectivity index (χ4v) is 2.41. The van der Waals surface area contributed by atoms with Gasteiger partial charge in [0.25, 0.3) is 0 Å². The zero-order valence-electron chi connectivity index (χ0n) is 12.3. The van der Waals surface area contributed by atoms with Gasteiger partial charge < -0.3 is 15.0 Å². The molecule has 0 aliphatic carbocycles. The van der Waals surface area contributed by atoms with Gasteiger partial charge >= 0.3 is 7.12 Å². The molecule has 0 bridgehead atoms. The molecule has 20 heavy (non-hydrogen) atoms. The standard InChI is InChI=1S/C15H19BN2O2/c1-14(2)15(3,4)20-16(19-14)12-5-6-13(17)11-9-18-8-7-10(11)12/h5-9H,17H2,1-4H3. The molecular formula is C15H19BN2O2. The van der Waals surface area contributed by atoms with Gasteiger partial charge in [0.1, 0.15) is 0 Å². The van der Waals surface area contributed by atoms with Crippen LogP contribution in [0.2, 0.25) is 0 Å². The van der Waals surface area contributed by atoms with E-state index in [0.717, 1.165) is 16.2 Å². The Labute approximate surface area is 119 Å². The van der Waals surface area contributed by atoms with E-state index in [2.05, 4.69) is 4.98 Å². The molecule has 1 aliphatic rings. The van der Waals surface area contributed by atoms with Gasteiger partial charge in [-0.3, -0.25) is 4.98 Å². The van der Waals surface area contributed by atoms with Gasteiger partial charge in [-0.15, -0.1) is 0 Å². The number of hydrogen-bond donors (Lipinski definition) is 1. The van der Waals surface area contributed by atoms with E-state index in [1.807, 2.05) is 45.9 Å². The van der Waals surface area contributed by atoms with Crippen molar-refractivity contribution in [3.05, 3.63) is 30.6 Å². The normalized spacial score (nSPS) is 20.5. The molecule has 104 valence electrons. The lowest BCUT2D eigenvalue weighted by Gasteiger charge is -2.32. The maximum atomic E-state index is 6.11. The monoisotopic (exact) mass is 270 g/mol. The maximum Gasteiger partial charge on any atom is 0.495 e. The van der Waals surface area contributed by atoms with E-state index in [1.165, 1.54) is 0 Å². The summed E-state index contributed by atoms with van der Waals surface area (Å²) in [6.07, 6.45) is 3.54. The molecule has 1 fully saturated rings. The second kappa shape index (κ2) is 4.20. The van der Waals surface area contributed by atoms with E-state index in [9.17, 15) is 0 Å². The SMILES string of the molecule is CC1(C)OB(c2ccc(N)c3cnccc23)OC1(C)C. The highest BCUT2D eigenvalue weighted by atomic mass is 16.7. The second-order valence-electron chi connectivity index (χ2n) is 6.25. The van der Waals surface area contributed by atoms with Crippen LogP contribution in [0.25, 0.3) is 10.8 Å². The van der Waals surface area contributed by atoms with Crippen molar-refractivity contribution in [2.75, 3.05) is 5.73 Å². The number of fused-ring (bicyclic) bond motifs is 1. The van der Waals surface area contributed by atoms with Gasteiger partial charge in [0, 0.05) is 23.5 Å². The van der Waals surface area contributed by atoms with Gasteiger partial charge in [-0.2, -0.15) is 0 Å². The lowest BCUT2D eigenvalue weighted by atomic mass is 9.76. The minimum absolute atomic E-state index is 0.349. The molecular weight excluding hydrogens is 251 g/mol. The molecule has 0 spiro atoms. The summed E-state index contributed by atoms with van der Waals surface area (Å²) in [5.74, 6) is 0. The van der Waals surface area contributed by atoms with E-state index >= 15 is 0 Å². The summed E-state index contributed by atoms with van der Waals surface area (Å²) < 4.78 is 12.2. The summed E-state index contributed by atoms with van der Waals surface area (Å²) in [7, 11) is -0.384. The third-order valence-corrected chi connectivity index (χ3v) is 4.39. The molecule has 0 saturated carbocycles. The van der Waals surface area contributed by atoms with Crippen LogP contribution in [0.1, 0.15) is 27.7 Å². The summed E-state index contributed by atoms with van der Waals surface area (Å²) in [5, 5.41) is 1.96. The molecule has 2 aromatic rings. The number of nitrogen functional groups attached to an aromatic ring is 1. The zero-order chi connectivity index (χ0) is 14.5. The second-order valence-corrected chi connectivity index (χ2v) is 6.25. The van der Waals surface area contributed by atoms with Crippen LogP contribution >= 0.6 is 0 Å².